The monoisotopic (exact) mass is 1890 g/mol. The fourth-order valence-electron chi connectivity index (χ4n) is 11.3. The number of pyridine rings is 6. The van der Waals surface area contributed by atoms with E-state index in [0.29, 0.717) is 46.9 Å². The van der Waals surface area contributed by atoms with Crippen molar-refractivity contribution in [2.45, 2.75) is 47.3 Å². The van der Waals surface area contributed by atoms with Gasteiger partial charge in [-0.3, -0.25) is 4.79 Å². The van der Waals surface area contributed by atoms with Crippen molar-refractivity contribution < 1.29 is 139 Å². The van der Waals surface area contributed by atoms with E-state index in [1.54, 1.807) is 51.5 Å². The minimum Gasteiger partial charge on any atom is -1.00 e. The molecule has 0 spiro atoms. The number of methoxy groups -OCH3 is 2. The third-order valence-corrected chi connectivity index (χ3v) is 16.5. The van der Waals surface area contributed by atoms with Crippen molar-refractivity contribution in [2.24, 2.45) is 0 Å². The van der Waals surface area contributed by atoms with Gasteiger partial charge in [-0.1, -0.05) is 80.2 Å². The smallest absolute Gasteiger partial charge is 1.00 e. The van der Waals surface area contributed by atoms with E-state index in [9.17, 15) is 44.3 Å². The van der Waals surface area contributed by atoms with Gasteiger partial charge in [0, 0.05) is 80.0 Å². The summed E-state index contributed by atoms with van der Waals surface area (Å²) in [6, 6.07) is 50.1. The van der Waals surface area contributed by atoms with Crippen LogP contribution in [0.1, 0.15) is 25.5 Å². The number of hydrogen-bond acceptors (Lipinski definition) is 13. The van der Waals surface area contributed by atoms with Gasteiger partial charge in [-0.25, -0.2) is 24.9 Å². The summed E-state index contributed by atoms with van der Waals surface area (Å²) in [4.78, 5) is 39.7. The van der Waals surface area contributed by atoms with E-state index < -0.39 is 32.0 Å². The molecule has 0 bridgehead atoms. The molecule has 0 atom stereocenters. The zero-order chi connectivity index (χ0) is 75.1. The molecule has 0 saturated carbocycles. The summed E-state index contributed by atoms with van der Waals surface area (Å²) in [5.41, 5.74) is 14.7. The Balaban J connectivity index is 0.000000184. The molecular weight excluding hydrogens is 1840 g/mol. The second-order valence-electron chi connectivity index (χ2n) is 22.8. The first-order valence-electron chi connectivity index (χ1n) is 31.0. The van der Waals surface area contributed by atoms with Gasteiger partial charge in [0.25, 0.3) is 0 Å². The van der Waals surface area contributed by atoms with Crippen molar-refractivity contribution in [3.8, 4) is 85.2 Å². The van der Waals surface area contributed by atoms with E-state index in [-0.39, 0.29) is 82.6 Å². The number of nitrogens with zero attached hydrogens (tertiary/aromatic N) is 8. The first kappa shape index (κ1) is 83.1. The SMILES string of the molecule is C.COc1c(C)c(-c2cn3cc(-c4ccc(OC(F)(F)F)cc4)ccc3n2)nc2ccccc12.COc1c(C)c(-c2cn3cc(Br)ccc3n2)nc2ccccc12.Cc1c(-c2cn3cc(-c4ccc(OC(F)(F)F)cc4)ccc3n2)[nH]c2ccccc2c1=O.I[I-]I.OB(O)c1ccc(OC(F)(F)F)cc1.[H-].[K+]. The number of halogens is 13. The van der Waals surface area contributed by atoms with Gasteiger partial charge in [0.15, 0.2) is 5.43 Å². The predicted molar refractivity (Wildman–Crippen MR) is 409 cm³/mol. The van der Waals surface area contributed by atoms with E-state index in [1.165, 1.54) is 24.3 Å². The van der Waals surface area contributed by atoms with E-state index in [1.807, 2.05) is 167 Å². The Kier molecular flexibility index (Phi) is 28.0. The molecule has 32 heteroatoms. The Morgan fingerprint density at radius 1 is 0.467 bits per heavy atom. The number of fused-ring (bicyclic) bond motifs is 6. The number of benzene rings is 6. The number of H-pyrrole nitrogens is 1. The first-order chi connectivity index (χ1) is 50.1. The Morgan fingerprint density at radius 3 is 1.23 bits per heavy atom. The van der Waals surface area contributed by atoms with Crippen LogP contribution in [0.15, 0.2) is 228 Å². The van der Waals surface area contributed by atoms with Crippen LogP contribution in [-0.4, -0.2) is 93.6 Å². The van der Waals surface area contributed by atoms with Gasteiger partial charge in [0.2, 0.25) is 0 Å². The number of ether oxygens (including phenoxy) is 5. The summed E-state index contributed by atoms with van der Waals surface area (Å²) in [6.45, 7) is 5.74. The number of aromatic amines is 1. The molecule has 548 valence electrons. The molecular formula is C75H59BBrF9I3KN9O8-. The minimum absolute atomic E-state index is 0. The van der Waals surface area contributed by atoms with Crippen LogP contribution in [0.4, 0.5) is 39.5 Å². The van der Waals surface area contributed by atoms with Gasteiger partial charge >= 0.3 is 128 Å². The average molecular weight is 1900 g/mol. The Bertz CT molecular complexity index is 5690. The summed E-state index contributed by atoms with van der Waals surface area (Å²) in [5.74, 6) is 0.673. The fraction of sp³-hybridized carbons (Fsp3) is 0.120. The maximum Gasteiger partial charge on any atom is 1.00 e. The van der Waals surface area contributed by atoms with Gasteiger partial charge in [0.1, 0.15) is 62.8 Å². The van der Waals surface area contributed by atoms with Crippen molar-refractivity contribution in [3.05, 3.63) is 251 Å². The third kappa shape index (κ3) is 20.7. The molecule has 9 heterocycles. The van der Waals surface area contributed by atoms with Gasteiger partial charge < -0.3 is 53.3 Å². The van der Waals surface area contributed by atoms with Crippen molar-refractivity contribution in [3.63, 3.8) is 0 Å². The van der Waals surface area contributed by atoms with Gasteiger partial charge in [-0.2, -0.15) is 0 Å². The van der Waals surface area contributed by atoms with E-state index in [4.69, 9.17) is 39.5 Å². The van der Waals surface area contributed by atoms with E-state index in [0.717, 1.165) is 129 Å². The number of rotatable bonds is 11. The van der Waals surface area contributed by atoms with Crippen LogP contribution < -0.4 is 99.2 Å². The predicted octanol–water partition coefficient (Wildman–Crippen LogP) is 13.6. The molecule has 0 saturated heterocycles. The molecule has 0 radical (unpaired) electrons. The standard InChI is InChI=1S/C25H18F3N3O2.C24H16F3N3O2.C18H14BrN3O.C7H6BF3O3.CH4.I3.K.H/c1-15-23(30-20-6-4-3-5-19(20)24(15)32-2)21-14-31-13-17(9-12-22(31)29-21)16-7-10-18(11-8-16)33-25(26,27)28;1-14-22(29-19-5-3-2-4-18(19)23(14)31)20-13-30-12-16(8-11-21(30)28-20)15-6-9-17(10-7-15)32-24(25,26)27;1-11-17(15-10-22-9-12(19)7-8-16(22)20-15)21-14-6-4-3-5-13(14)18(11)23-2;9-7(10,11)14-6-3-1-5(2-4-6)8(12)13;;1-3-2;;/h3-14H,1-2H3;2-13H,1H3,(H,29,31);3-10H,1-2H3;1-4,12-13H;1H4;;;/q;;;;;-1;+1;-1. The van der Waals surface area contributed by atoms with E-state index >= 15 is 0 Å². The van der Waals surface area contributed by atoms with Gasteiger partial charge in [0.05, 0.1) is 42.3 Å². The van der Waals surface area contributed by atoms with Gasteiger partial charge in [-0.05, 0) is 174 Å². The number of para-hydroxylation sites is 3. The number of alkyl halides is 9. The molecule has 0 amide bonds. The molecule has 17 nitrogen and oxygen atoms in total. The van der Waals surface area contributed by atoms with Crippen molar-refractivity contribution in [1.82, 2.24) is 43.1 Å². The normalized spacial score (nSPS) is 11.3. The van der Waals surface area contributed by atoms with Crippen LogP contribution >= 0.6 is 53.2 Å². The van der Waals surface area contributed by atoms with Crippen LogP contribution in [0.3, 0.4) is 0 Å². The van der Waals surface area contributed by atoms with Crippen LogP contribution in [0, 0.1) is 20.8 Å². The quantitative estimate of drug-likeness (QED) is 0.0629. The number of aromatic nitrogens is 9. The molecule has 3 N–H and O–H groups in total. The van der Waals surface area contributed by atoms with Crippen LogP contribution in [0.2, 0.25) is 0 Å². The molecule has 15 aromatic rings. The van der Waals surface area contributed by atoms with Crippen LogP contribution in [0.5, 0.6) is 28.7 Å². The maximum absolute atomic E-state index is 12.8. The van der Waals surface area contributed by atoms with Crippen molar-refractivity contribution in [1.29, 1.82) is 0 Å². The van der Waals surface area contributed by atoms with Crippen molar-refractivity contribution >= 4 is 115 Å². The molecule has 9 aromatic heterocycles. The third-order valence-electron chi connectivity index (χ3n) is 16.0. The molecule has 6 aromatic carbocycles. The summed E-state index contributed by atoms with van der Waals surface area (Å²) in [6.07, 6.45) is -2.81. The second kappa shape index (κ2) is 36.1. The van der Waals surface area contributed by atoms with Gasteiger partial charge in [-0.15, -0.1) is 39.5 Å². The summed E-state index contributed by atoms with van der Waals surface area (Å²) in [5, 5.41) is 19.9. The fourth-order valence-corrected chi connectivity index (χ4v) is 11.7. The summed E-state index contributed by atoms with van der Waals surface area (Å²) < 4.78 is 139. The molecule has 0 unspecified atom stereocenters. The Labute approximate surface area is 687 Å². The second-order valence-corrected chi connectivity index (χ2v) is 40.0. The first-order valence-corrected chi connectivity index (χ1v) is 44.4. The molecule has 0 aliphatic carbocycles. The zero-order valence-electron chi connectivity index (χ0n) is 57.2. The van der Waals surface area contributed by atoms with Crippen LogP contribution in [0.25, 0.3) is 106 Å². The Morgan fingerprint density at radius 2 is 0.822 bits per heavy atom. The zero-order valence-corrected chi connectivity index (χ0v) is 67.4. The molecule has 0 aliphatic rings. The van der Waals surface area contributed by atoms with Crippen LogP contribution in [-0.2, 0) is 0 Å². The molecule has 15 rings (SSSR count). The number of hydrogen-bond donors (Lipinski definition) is 3. The van der Waals surface area contributed by atoms with Crippen molar-refractivity contribution in [2.75, 3.05) is 14.2 Å². The molecule has 107 heavy (non-hydrogen) atoms. The number of imidazole rings is 3. The number of nitrogens with one attached hydrogen (secondary N) is 1. The largest absolute Gasteiger partial charge is 1.00 e. The van der Waals surface area contributed by atoms with E-state index in [2.05, 4.69) is 77.3 Å². The summed E-state index contributed by atoms with van der Waals surface area (Å²) in [7, 11) is 1.63. The summed E-state index contributed by atoms with van der Waals surface area (Å²) >= 11 is 8.78. The average Bonchev–Trinajstić information content (AvgIpc) is 1.22. The maximum atomic E-state index is 12.8. The molecule has 0 aliphatic heterocycles. The minimum atomic E-state index is -4.74. The molecule has 0 fully saturated rings. The Hall–Kier alpha value is -7.92. The topological polar surface area (TPSA) is 197 Å².